The third-order valence-electron chi connectivity index (χ3n) is 4.08. The Labute approximate surface area is 189 Å². The molecular formula is C18H26N4O8S2. The molecule has 1 fully saturated rings. The maximum atomic E-state index is 12.7. The van der Waals surface area contributed by atoms with E-state index in [0.717, 1.165) is 0 Å². The summed E-state index contributed by atoms with van der Waals surface area (Å²) < 4.78 is 36.9. The quantitative estimate of drug-likeness (QED) is 0.209. The summed E-state index contributed by atoms with van der Waals surface area (Å²) in [5.41, 5.74) is -0.788. The van der Waals surface area contributed by atoms with Gasteiger partial charge in [-0.1, -0.05) is 11.2 Å². The zero-order valence-corrected chi connectivity index (χ0v) is 19.8. The molecule has 0 spiro atoms. The van der Waals surface area contributed by atoms with Gasteiger partial charge >= 0.3 is 16.4 Å². The topological polar surface area (TPSA) is 164 Å². The molecule has 0 aliphatic carbocycles. The highest BCUT2D eigenvalue weighted by Gasteiger charge is 2.51. The number of oxime groups is 1. The van der Waals surface area contributed by atoms with Crippen molar-refractivity contribution in [3.63, 3.8) is 0 Å². The summed E-state index contributed by atoms with van der Waals surface area (Å²) in [5, 5.41) is 10.5. The lowest BCUT2D eigenvalue weighted by Gasteiger charge is -2.42. The molecule has 0 bridgehead atoms. The summed E-state index contributed by atoms with van der Waals surface area (Å²) in [4.78, 5) is 42.2. The van der Waals surface area contributed by atoms with Gasteiger partial charge in [0.2, 0.25) is 0 Å². The first kappa shape index (κ1) is 25.5. The number of thiophene rings is 1. The first-order valence-electron chi connectivity index (χ1n) is 9.55. The smallest absolute Gasteiger partial charge is 0.407 e. The summed E-state index contributed by atoms with van der Waals surface area (Å²) in [7, 11) is -4.71. The van der Waals surface area contributed by atoms with Gasteiger partial charge in [0.1, 0.15) is 18.2 Å². The van der Waals surface area contributed by atoms with Crippen LogP contribution >= 0.6 is 11.3 Å². The third kappa shape index (κ3) is 6.64. The molecule has 0 radical (unpaired) electrons. The zero-order chi connectivity index (χ0) is 24.3. The summed E-state index contributed by atoms with van der Waals surface area (Å²) in [6.45, 7) is 8.13. The zero-order valence-electron chi connectivity index (χ0n) is 18.2. The molecule has 2 heterocycles. The molecule has 2 rings (SSSR count). The Morgan fingerprint density at radius 2 is 2.03 bits per heavy atom. The number of carbonyl (C=O) groups excluding carboxylic acids is 3. The lowest BCUT2D eigenvalue weighted by Crippen LogP contribution is -2.71. The second kappa shape index (κ2) is 9.83. The van der Waals surface area contributed by atoms with Crippen LogP contribution < -0.4 is 10.6 Å². The molecule has 12 nitrogen and oxygen atoms in total. The number of hydrogen-bond donors (Lipinski definition) is 3. The minimum absolute atomic E-state index is 0.0727. The minimum atomic E-state index is -4.71. The number of nitrogens with zero attached hydrogens (tertiary/aromatic N) is 2. The average Bonchev–Trinajstić information content (AvgIpc) is 3.14. The van der Waals surface area contributed by atoms with Crippen molar-refractivity contribution in [3.8, 4) is 0 Å². The molecule has 0 saturated carbocycles. The Hall–Kier alpha value is -2.71. The van der Waals surface area contributed by atoms with Gasteiger partial charge in [0.15, 0.2) is 5.71 Å². The molecule has 1 aromatic rings. The summed E-state index contributed by atoms with van der Waals surface area (Å²) >= 11 is 1.20. The van der Waals surface area contributed by atoms with E-state index < -0.39 is 51.9 Å². The van der Waals surface area contributed by atoms with E-state index in [9.17, 15) is 22.8 Å². The van der Waals surface area contributed by atoms with Crippen LogP contribution in [0.4, 0.5) is 4.79 Å². The lowest BCUT2D eigenvalue weighted by atomic mass is 10.0. The van der Waals surface area contributed by atoms with Gasteiger partial charge < -0.3 is 20.2 Å². The highest BCUT2D eigenvalue weighted by molar-refractivity contribution is 7.84. The molecule has 178 valence electrons. The molecule has 14 heteroatoms. The van der Waals surface area contributed by atoms with Crippen molar-refractivity contribution in [2.75, 3.05) is 6.61 Å². The second-order valence-corrected chi connectivity index (χ2v) is 10.3. The van der Waals surface area contributed by atoms with Crippen LogP contribution in [-0.4, -0.2) is 71.2 Å². The molecule has 3 amide bonds. The number of ether oxygens (including phenoxy) is 1. The van der Waals surface area contributed by atoms with Crippen LogP contribution in [0.25, 0.3) is 0 Å². The van der Waals surface area contributed by atoms with Crippen molar-refractivity contribution in [1.82, 2.24) is 14.9 Å². The molecule has 1 unspecified atom stereocenters. The fraction of sp³-hybridized carbons (Fsp3) is 0.556. The predicted molar refractivity (Wildman–Crippen MR) is 115 cm³/mol. The number of nitrogens with one attached hydrogen (secondary N) is 2. The Bertz CT molecular complexity index is 985. The largest absolute Gasteiger partial charge is 0.444 e. The van der Waals surface area contributed by atoms with Crippen LogP contribution in [-0.2, 0) is 29.5 Å². The molecule has 1 aromatic heterocycles. The first-order valence-corrected chi connectivity index (χ1v) is 11.8. The monoisotopic (exact) mass is 490 g/mol. The van der Waals surface area contributed by atoms with Crippen LogP contribution in [0.1, 0.15) is 39.5 Å². The van der Waals surface area contributed by atoms with Gasteiger partial charge in [-0.15, -0.1) is 11.3 Å². The molecule has 3 atom stereocenters. The van der Waals surface area contributed by atoms with Crippen molar-refractivity contribution in [1.29, 1.82) is 0 Å². The van der Waals surface area contributed by atoms with Crippen LogP contribution in [0.2, 0.25) is 0 Å². The molecule has 1 saturated heterocycles. The Balaban J connectivity index is 2.02. The maximum absolute atomic E-state index is 12.7. The number of carbonyl (C=O) groups is 3. The molecule has 32 heavy (non-hydrogen) atoms. The van der Waals surface area contributed by atoms with E-state index in [0.29, 0.717) is 4.88 Å². The van der Waals surface area contributed by atoms with Gasteiger partial charge in [0.25, 0.3) is 11.8 Å². The van der Waals surface area contributed by atoms with Gasteiger partial charge in [-0.05, 0) is 46.1 Å². The normalized spacial score (nSPS) is 20.2. The fourth-order valence-corrected chi connectivity index (χ4v) is 4.27. The fourth-order valence-electron chi connectivity index (χ4n) is 2.69. The van der Waals surface area contributed by atoms with E-state index in [2.05, 4.69) is 15.8 Å². The first-order chi connectivity index (χ1) is 14.7. The van der Waals surface area contributed by atoms with Crippen molar-refractivity contribution in [2.24, 2.45) is 5.16 Å². The van der Waals surface area contributed by atoms with Crippen LogP contribution in [0, 0.1) is 0 Å². The van der Waals surface area contributed by atoms with Gasteiger partial charge in [0.05, 0.1) is 17.0 Å². The molecule has 1 aliphatic rings. The van der Waals surface area contributed by atoms with E-state index in [-0.39, 0.29) is 16.6 Å². The van der Waals surface area contributed by atoms with Gasteiger partial charge in [-0.2, -0.15) is 8.42 Å². The highest BCUT2D eigenvalue weighted by atomic mass is 32.2. The maximum Gasteiger partial charge on any atom is 0.407 e. The SMILES string of the molecule is CC(CON=C(C(=O)N[C@@H]1C(=O)N(S(=O)(=O)O)[C@H]1C)c1cccs1)NC(=O)OC(C)(C)C. The standard InChI is InChI=1S/C18H26N4O8S2/c1-10(19-17(25)30-18(3,4)5)9-29-21-14(12-7-6-8-31-12)15(23)20-13-11(2)22(16(13)24)32(26,27)28/h6-8,10-11,13H,9H2,1-5H3,(H,19,25)(H,20,23)(H,26,27,28)/t10?,11-,13-/m0/s1. The van der Waals surface area contributed by atoms with Gasteiger partial charge in [0, 0.05) is 0 Å². The molecule has 3 N–H and O–H groups in total. The summed E-state index contributed by atoms with van der Waals surface area (Å²) in [6, 6.07) is 0.697. The van der Waals surface area contributed by atoms with Gasteiger partial charge in [-0.25, -0.2) is 9.10 Å². The van der Waals surface area contributed by atoms with E-state index in [1.54, 1.807) is 45.2 Å². The predicted octanol–water partition coefficient (Wildman–Crippen LogP) is 0.900. The van der Waals surface area contributed by atoms with Crippen molar-refractivity contribution in [3.05, 3.63) is 22.4 Å². The third-order valence-corrected chi connectivity index (χ3v) is 5.97. The van der Waals surface area contributed by atoms with E-state index >= 15 is 0 Å². The van der Waals surface area contributed by atoms with Gasteiger partial charge in [-0.3, -0.25) is 14.1 Å². The number of rotatable bonds is 8. The van der Waals surface area contributed by atoms with Crippen LogP contribution in [0.3, 0.4) is 0 Å². The van der Waals surface area contributed by atoms with Crippen LogP contribution in [0.15, 0.2) is 22.7 Å². The lowest BCUT2D eigenvalue weighted by molar-refractivity contribution is -0.143. The molecule has 0 aromatic carbocycles. The van der Waals surface area contributed by atoms with E-state index in [1.165, 1.54) is 18.3 Å². The summed E-state index contributed by atoms with van der Waals surface area (Å²) in [5.74, 6) is -1.73. The molecule has 1 aliphatic heterocycles. The average molecular weight is 491 g/mol. The Morgan fingerprint density at radius 1 is 1.38 bits per heavy atom. The van der Waals surface area contributed by atoms with Crippen LogP contribution in [0.5, 0.6) is 0 Å². The highest BCUT2D eigenvalue weighted by Crippen LogP contribution is 2.23. The Kier molecular flexibility index (Phi) is 7.85. The summed E-state index contributed by atoms with van der Waals surface area (Å²) in [6.07, 6.45) is -0.630. The molecular weight excluding hydrogens is 464 g/mol. The second-order valence-electron chi connectivity index (χ2n) is 8.06. The van der Waals surface area contributed by atoms with E-state index in [4.69, 9.17) is 14.1 Å². The van der Waals surface area contributed by atoms with Crippen molar-refractivity contribution < 1.29 is 36.9 Å². The van der Waals surface area contributed by atoms with Crippen molar-refractivity contribution >= 4 is 45.3 Å². The minimum Gasteiger partial charge on any atom is -0.444 e. The number of β-lactam (4-membered cyclic amide) rings is 1. The number of alkyl carbamates (subject to hydrolysis) is 1. The number of hydrogen-bond acceptors (Lipinski definition) is 9. The number of amides is 3. The Morgan fingerprint density at radius 3 is 2.53 bits per heavy atom. The van der Waals surface area contributed by atoms with E-state index in [1.807, 2.05) is 0 Å². The van der Waals surface area contributed by atoms with Crippen molar-refractivity contribution in [2.45, 2.75) is 58.3 Å².